The molecule has 0 saturated heterocycles. The van der Waals surface area contributed by atoms with Gasteiger partial charge in [0.25, 0.3) is 0 Å². The summed E-state index contributed by atoms with van der Waals surface area (Å²) in [5, 5.41) is 0. The highest BCUT2D eigenvalue weighted by Gasteiger charge is 2.40. The smallest absolute Gasteiger partial charge is 0.0626 e. The Morgan fingerprint density at radius 2 is 1.29 bits per heavy atom. The average molecular weight is 216 g/mol. The third kappa shape index (κ3) is 2.99. The zero-order chi connectivity index (χ0) is 9.73. The Hall–Kier alpha value is 0.495. The Morgan fingerprint density at radius 3 is 1.64 bits per heavy atom. The van der Waals surface area contributed by atoms with Crippen LogP contribution < -0.4 is 0 Å². The second-order valence-corrected chi connectivity index (χ2v) is 9.52. The van der Waals surface area contributed by atoms with E-state index in [1.54, 1.807) is 12.8 Å². The van der Waals surface area contributed by atoms with Crippen LogP contribution in [0.1, 0.15) is 52.9 Å². The monoisotopic (exact) mass is 216 g/mol. The van der Waals surface area contributed by atoms with E-state index in [0.717, 1.165) is 5.66 Å². The maximum Gasteiger partial charge on any atom is 0.0697 e. The molecular formula is C12H30BP. The lowest BCUT2D eigenvalue weighted by atomic mass is 10.0. The molecule has 0 spiro atoms. The molecule has 0 aromatic rings. The minimum Gasteiger partial charge on any atom is -0.0626 e. The van der Waals surface area contributed by atoms with E-state index in [-0.39, 0.29) is 8.41 Å². The highest BCUT2D eigenvalue weighted by atomic mass is 31.2. The summed E-state index contributed by atoms with van der Waals surface area (Å²) in [7, 11) is -0.514. The molecule has 1 saturated carbocycles. The molecular weight excluding hydrogens is 186 g/mol. The maximum atomic E-state index is 2.44. The topological polar surface area (TPSA) is 0 Å². The molecule has 0 N–H and O–H groups in total. The third-order valence-corrected chi connectivity index (χ3v) is 10.1. The Kier molecular flexibility index (Phi) is 7.13. The van der Waals surface area contributed by atoms with Crippen LogP contribution in [-0.4, -0.2) is 32.6 Å². The van der Waals surface area contributed by atoms with Crippen LogP contribution >= 0.6 is 7.26 Å². The van der Waals surface area contributed by atoms with E-state index in [2.05, 4.69) is 20.8 Å². The molecule has 0 amide bonds. The molecule has 0 bridgehead atoms. The molecule has 0 heterocycles. The Morgan fingerprint density at radius 1 is 0.857 bits per heavy atom. The van der Waals surface area contributed by atoms with Gasteiger partial charge in [-0.15, -0.1) is 0 Å². The van der Waals surface area contributed by atoms with E-state index >= 15 is 0 Å². The SMILES string of the molecule is CC[P+](CC)(CC)C1CCCCC1.[BH4-]. The van der Waals surface area contributed by atoms with Gasteiger partial charge in [-0.2, -0.15) is 0 Å². The van der Waals surface area contributed by atoms with Crippen molar-refractivity contribution < 1.29 is 0 Å². The third-order valence-electron chi connectivity index (χ3n) is 4.24. The van der Waals surface area contributed by atoms with Crippen molar-refractivity contribution in [3.8, 4) is 0 Å². The Balaban J connectivity index is 0.00000169. The van der Waals surface area contributed by atoms with Gasteiger partial charge < -0.3 is 0 Å². The molecule has 1 rings (SSSR count). The Labute approximate surface area is 93.2 Å². The van der Waals surface area contributed by atoms with Crippen LogP contribution in [0.3, 0.4) is 0 Å². The van der Waals surface area contributed by atoms with Crippen LogP contribution in [0.2, 0.25) is 0 Å². The van der Waals surface area contributed by atoms with Crippen LogP contribution in [-0.2, 0) is 0 Å². The summed E-state index contributed by atoms with van der Waals surface area (Å²) in [6.45, 7) is 7.32. The zero-order valence-electron chi connectivity index (χ0n) is 9.68. The van der Waals surface area contributed by atoms with Gasteiger partial charge in [-0.25, -0.2) is 0 Å². The maximum absolute atomic E-state index is 2.44. The van der Waals surface area contributed by atoms with Crippen molar-refractivity contribution in [3.05, 3.63) is 0 Å². The quantitative estimate of drug-likeness (QED) is 0.500. The van der Waals surface area contributed by atoms with Crippen molar-refractivity contribution in [1.82, 2.24) is 0 Å². The molecule has 0 unspecified atom stereocenters. The molecule has 0 aromatic heterocycles. The first kappa shape index (κ1) is 14.5. The second kappa shape index (κ2) is 6.88. The summed E-state index contributed by atoms with van der Waals surface area (Å²) in [5.74, 6) is 0. The molecule has 1 aliphatic rings. The largest absolute Gasteiger partial charge is 0.0697 e. The van der Waals surface area contributed by atoms with E-state index in [0.29, 0.717) is 0 Å². The molecule has 1 fully saturated rings. The first-order valence-electron chi connectivity index (χ1n) is 6.14. The number of rotatable bonds is 4. The molecule has 0 nitrogen and oxygen atoms in total. The van der Waals surface area contributed by atoms with Gasteiger partial charge >= 0.3 is 0 Å². The number of hydrogen-bond donors (Lipinski definition) is 0. The average Bonchev–Trinajstić information content (AvgIpc) is 2.23. The van der Waals surface area contributed by atoms with Crippen molar-refractivity contribution in [1.29, 1.82) is 0 Å². The van der Waals surface area contributed by atoms with Crippen molar-refractivity contribution in [2.45, 2.75) is 58.5 Å². The standard InChI is InChI=1S/C12H26P.BH4/c1-4-13(5-2,6-3)12-10-8-7-9-11-12;/h12H,4-11H2,1-3H3;1H4/q+1;-1. The highest BCUT2D eigenvalue weighted by Crippen LogP contribution is 2.65. The zero-order valence-corrected chi connectivity index (χ0v) is 10.6. The lowest BCUT2D eigenvalue weighted by molar-refractivity contribution is 0.507. The summed E-state index contributed by atoms with van der Waals surface area (Å²) in [4.78, 5) is 0. The van der Waals surface area contributed by atoms with Gasteiger partial charge in [0.1, 0.15) is 0 Å². The van der Waals surface area contributed by atoms with Crippen LogP contribution in [0.4, 0.5) is 0 Å². The van der Waals surface area contributed by atoms with Crippen molar-refractivity contribution in [2.24, 2.45) is 0 Å². The summed E-state index contributed by atoms with van der Waals surface area (Å²) in [6, 6.07) is 0. The summed E-state index contributed by atoms with van der Waals surface area (Å²) in [5.41, 5.74) is 1.15. The van der Waals surface area contributed by atoms with Crippen molar-refractivity contribution >= 4 is 15.7 Å². The van der Waals surface area contributed by atoms with Crippen LogP contribution in [0.25, 0.3) is 0 Å². The Bertz CT molecular complexity index is 129. The summed E-state index contributed by atoms with van der Waals surface area (Å²) >= 11 is 0. The summed E-state index contributed by atoms with van der Waals surface area (Å²) in [6.07, 6.45) is 12.2. The minimum atomic E-state index is -0.514. The van der Waals surface area contributed by atoms with E-state index in [1.807, 2.05) is 0 Å². The molecule has 0 aliphatic heterocycles. The van der Waals surface area contributed by atoms with Gasteiger partial charge in [-0.1, -0.05) is 14.8 Å². The van der Waals surface area contributed by atoms with E-state index in [4.69, 9.17) is 0 Å². The highest BCUT2D eigenvalue weighted by molar-refractivity contribution is 7.76. The van der Waals surface area contributed by atoms with Gasteiger partial charge in [-0.05, 0) is 46.5 Å². The van der Waals surface area contributed by atoms with E-state index < -0.39 is 7.26 Å². The molecule has 14 heavy (non-hydrogen) atoms. The van der Waals surface area contributed by atoms with Gasteiger partial charge in [0.15, 0.2) is 0 Å². The van der Waals surface area contributed by atoms with E-state index in [9.17, 15) is 0 Å². The molecule has 0 aromatic carbocycles. The normalized spacial score (nSPS) is 19.1. The predicted octanol–water partition coefficient (Wildman–Crippen LogP) is 2.94. The molecule has 0 radical (unpaired) electrons. The second-order valence-electron chi connectivity index (χ2n) is 4.46. The van der Waals surface area contributed by atoms with Crippen molar-refractivity contribution in [3.63, 3.8) is 0 Å². The van der Waals surface area contributed by atoms with Gasteiger partial charge in [0, 0.05) is 7.26 Å². The molecule has 2 heteroatoms. The van der Waals surface area contributed by atoms with Gasteiger partial charge in [0.2, 0.25) is 0 Å². The molecule has 86 valence electrons. The fraction of sp³-hybridized carbons (Fsp3) is 1.00. The van der Waals surface area contributed by atoms with Crippen LogP contribution in [0, 0.1) is 0 Å². The molecule has 0 atom stereocenters. The van der Waals surface area contributed by atoms with Gasteiger partial charge in [-0.3, -0.25) is 0 Å². The van der Waals surface area contributed by atoms with Crippen LogP contribution in [0.5, 0.6) is 0 Å². The minimum absolute atomic E-state index is 0. The molecule has 1 aliphatic carbocycles. The van der Waals surface area contributed by atoms with Gasteiger partial charge in [0.05, 0.1) is 24.1 Å². The fourth-order valence-corrected chi connectivity index (χ4v) is 7.43. The first-order valence-corrected chi connectivity index (χ1v) is 8.56. The first-order chi connectivity index (χ1) is 6.29. The summed E-state index contributed by atoms with van der Waals surface area (Å²) < 4.78 is 0. The lowest BCUT2D eigenvalue weighted by Gasteiger charge is -2.35. The predicted molar refractivity (Wildman–Crippen MR) is 76.8 cm³/mol. The fourth-order valence-electron chi connectivity index (χ4n) is 3.07. The van der Waals surface area contributed by atoms with E-state index in [1.165, 1.54) is 37.7 Å². The van der Waals surface area contributed by atoms with Crippen LogP contribution in [0.15, 0.2) is 0 Å². The number of hydrogen-bond acceptors (Lipinski definition) is 0. The van der Waals surface area contributed by atoms with Crippen molar-refractivity contribution in [2.75, 3.05) is 18.5 Å². The lowest BCUT2D eigenvalue weighted by Crippen LogP contribution is -2.22.